The first-order valence-electron chi connectivity index (χ1n) is 12.6. The predicted octanol–water partition coefficient (Wildman–Crippen LogP) is 7.87. The second kappa shape index (κ2) is 11.9. The molecular formula is C26H44N2. The van der Waals surface area contributed by atoms with Gasteiger partial charge in [-0.05, 0) is 61.3 Å². The molecule has 28 heavy (non-hydrogen) atoms. The van der Waals surface area contributed by atoms with Crippen molar-refractivity contribution in [2.45, 2.75) is 122 Å². The average Bonchev–Trinajstić information content (AvgIpc) is 2.75. The summed E-state index contributed by atoms with van der Waals surface area (Å²) in [5.41, 5.74) is 1.39. The molecule has 1 heterocycles. The maximum atomic E-state index is 4.75. The fourth-order valence-corrected chi connectivity index (χ4v) is 5.72. The standard InChI is InChI=1S/C26H44N2/c1-3-5-6-8-22-9-11-23(12-10-22)15-18-26-27-19-25(20-28-26)24-16-13-21(7-4-2)14-17-24/h19-24H,3-18H2,1-2H3. The highest BCUT2D eigenvalue weighted by Crippen LogP contribution is 2.37. The lowest BCUT2D eigenvalue weighted by Gasteiger charge is -2.29. The summed E-state index contributed by atoms with van der Waals surface area (Å²) in [5.74, 6) is 4.70. The molecule has 2 nitrogen and oxygen atoms in total. The highest BCUT2D eigenvalue weighted by molar-refractivity contribution is 5.13. The van der Waals surface area contributed by atoms with E-state index in [1.807, 2.05) is 0 Å². The lowest BCUT2D eigenvalue weighted by molar-refractivity contribution is 0.248. The highest BCUT2D eigenvalue weighted by Gasteiger charge is 2.23. The first kappa shape index (κ1) is 21.8. The number of rotatable bonds is 10. The highest BCUT2D eigenvalue weighted by atomic mass is 14.9. The van der Waals surface area contributed by atoms with Crippen LogP contribution in [0.5, 0.6) is 0 Å². The minimum atomic E-state index is 0.713. The quantitative estimate of drug-likeness (QED) is 0.383. The zero-order valence-corrected chi connectivity index (χ0v) is 18.7. The largest absolute Gasteiger partial charge is 0.241 e. The van der Waals surface area contributed by atoms with E-state index in [9.17, 15) is 0 Å². The predicted molar refractivity (Wildman–Crippen MR) is 120 cm³/mol. The van der Waals surface area contributed by atoms with Crippen molar-refractivity contribution in [2.24, 2.45) is 17.8 Å². The summed E-state index contributed by atoms with van der Waals surface area (Å²) in [4.78, 5) is 9.49. The molecule has 0 bridgehead atoms. The Morgan fingerprint density at radius 3 is 1.86 bits per heavy atom. The Morgan fingerprint density at radius 1 is 0.679 bits per heavy atom. The Labute approximate surface area is 174 Å². The molecule has 0 aromatic carbocycles. The summed E-state index contributed by atoms with van der Waals surface area (Å²) in [6.45, 7) is 4.63. The Bertz CT molecular complexity index is 522. The average molecular weight is 385 g/mol. The van der Waals surface area contributed by atoms with Crippen molar-refractivity contribution in [1.82, 2.24) is 9.97 Å². The Morgan fingerprint density at radius 2 is 1.25 bits per heavy atom. The molecule has 2 heteroatoms. The van der Waals surface area contributed by atoms with Crippen LogP contribution in [0.15, 0.2) is 12.4 Å². The van der Waals surface area contributed by atoms with Crippen LogP contribution in [-0.2, 0) is 6.42 Å². The van der Waals surface area contributed by atoms with Crippen LogP contribution < -0.4 is 0 Å². The monoisotopic (exact) mass is 384 g/mol. The second-order valence-corrected chi connectivity index (χ2v) is 9.86. The topological polar surface area (TPSA) is 25.8 Å². The van der Waals surface area contributed by atoms with Crippen molar-refractivity contribution in [3.8, 4) is 0 Å². The minimum Gasteiger partial charge on any atom is -0.241 e. The molecule has 1 aromatic rings. The van der Waals surface area contributed by atoms with E-state index in [-0.39, 0.29) is 0 Å². The van der Waals surface area contributed by atoms with Gasteiger partial charge in [0.2, 0.25) is 0 Å². The van der Waals surface area contributed by atoms with Crippen molar-refractivity contribution >= 4 is 0 Å². The van der Waals surface area contributed by atoms with Gasteiger partial charge in [0.05, 0.1) is 0 Å². The van der Waals surface area contributed by atoms with Gasteiger partial charge in [-0.2, -0.15) is 0 Å². The maximum Gasteiger partial charge on any atom is 0.128 e. The van der Waals surface area contributed by atoms with Gasteiger partial charge in [0.25, 0.3) is 0 Å². The molecule has 0 amide bonds. The van der Waals surface area contributed by atoms with Crippen LogP contribution in [-0.4, -0.2) is 9.97 Å². The maximum absolute atomic E-state index is 4.75. The van der Waals surface area contributed by atoms with E-state index < -0.39 is 0 Å². The van der Waals surface area contributed by atoms with E-state index in [1.165, 1.54) is 102 Å². The van der Waals surface area contributed by atoms with E-state index in [0.29, 0.717) is 5.92 Å². The number of nitrogens with zero attached hydrogens (tertiary/aromatic N) is 2. The minimum absolute atomic E-state index is 0.713. The van der Waals surface area contributed by atoms with Crippen LogP contribution in [0, 0.1) is 17.8 Å². The number of hydrogen-bond acceptors (Lipinski definition) is 2. The Kier molecular flexibility index (Phi) is 9.28. The first-order chi connectivity index (χ1) is 13.8. The summed E-state index contributed by atoms with van der Waals surface area (Å²) < 4.78 is 0. The summed E-state index contributed by atoms with van der Waals surface area (Å²) in [5, 5.41) is 0. The summed E-state index contributed by atoms with van der Waals surface area (Å²) >= 11 is 0. The van der Waals surface area contributed by atoms with Crippen LogP contribution in [0.1, 0.15) is 127 Å². The molecule has 2 fully saturated rings. The van der Waals surface area contributed by atoms with Gasteiger partial charge in [-0.25, -0.2) is 9.97 Å². The molecule has 0 radical (unpaired) electrons. The normalized spacial score (nSPS) is 28.4. The Balaban J connectivity index is 1.35. The molecular weight excluding hydrogens is 340 g/mol. The van der Waals surface area contributed by atoms with Crippen LogP contribution in [0.4, 0.5) is 0 Å². The van der Waals surface area contributed by atoms with Crippen LogP contribution in [0.25, 0.3) is 0 Å². The van der Waals surface area contributed by atoms with Crippen molar-refractivity contribution < 1.29 is 0 Å². The summed E-state index contributed by atoms with van der Waals surface area (Å²) in [6.07, 6.45) is 26.4. The third-order valence-corrected chi connectivity index (χ3v) is 7.70. The van der Waals surface area contributed by atoms with Crippen molar-refractivity contribution in [1.29, 1.82) is 0 Å². The molecule has 0 atom stereocenters. The van der Waals surface area contributed by atoms with Gasteiger partial charge in [0, 0.05) is 18.8 Å². The molecule has 2 saturated carbocycles. The smallest absolute Gasteiger partial charge is 0.128 e. The van der Waals surface area contributed by atoms with Gasteiger partial charge in [-0.1, -0.05) is 78.1 Å². The first-order valence-corrected chi connectivity index (χ1v) is 12.6. The third-order valence-electron chi connectivity index (χ3n) is 7.70. The SMILES string of the molecule is CCCCCC1CCC(CCc2ncc(C3CCC(CCC)CC3)cn2)CC1. The van der Waals surface area contributed by atoms with E-state index in [0.717, 1.165) is 30.0 Å². The van der Waals surface area contributed by atoms with Crippen LogP contribution in [0.3, 0.4) is 0 Å². The van der Waals surface area contributed by atoms with E-state index >= 15 is 0 Å². The molecule has 0 saturated heterocycles. The molecule has 2 aliphatic rings. The fourth-order valence-electron chi connectivity index (χ4n) is 5.72. The summed E-state index contributed by atoms with van der Waals surface area (Å²) in [6, 6.07) is 0. The van der Waals surface area contributed by atoms with E-state index in [2.05, 4.69) is 26.2 Å². The fraction of sp³-hybridized carbons (Fsp3) is 0.846. The van der Waals surface area contributed by atoms with Crippen molar-refractivity contribution in [2.75, 3.05) is 0 Å². The van der Waals surface area contributed by atoms with Gasteiger partial charge in [0.1, 0.15) is 5.82 Å². The van der Waals surface area contributed by atoms with Gasteiger partial charge >= 0.3 is 0 Å². The number of hydrogen-bond donors (Lipinski definition) is 0. The number of unbranched alkanes of at least 4 members (excludes halogenated alkanes) is 2. The third kappa shape index (κ3) is 6.85. The van der Waals surface area contributed by atoms with Gasteiger partial charge in [-0.15, -0.1) is 0 Å². The zero-order chi connectivity index (χ0) is 19.6. The van der Waals surface area contributed by atoms with Crippen LogP contribution in [0.2, 0.25) is 0 Å². The molecule has 0 aliphatic heterocycles. The lowest BCUT2D eigenvalue weighted by Crippen LogP contribution is -2.16. The van der Waals surface area contributed by atoms with Gasteiger partial charge in [-0.3, -0.25) is 0 Å². The molecule has 0 spiro atoms. The Hall–Kier alpha value is -0.920. The van der Waals surface area contributed by atoms with E-state index in [4.69, 9.17) is 9.97 Å². The van der Waals surface area contributed by atoms with Gasteiger partial charge in [0.15, 0.2) is 0 Å². The molecule has 158 valence electrons. The van der Waals surface area contributed by atoms with Crippen LogP contribution >= 0.6 is 0 Å². The van der Waals surface area contributed by atoms with Gasteiger partial charge < -0.3 is 0 Å². The van der Waals surface area contributed by atoms with Crippen molar-refractivity contribution in [3.63, 3.8) is 0 Å². The number of aromatic nitrogens is 2. The summed E-state index contributed by atoms with van der Waals surface area (Å²) in [7, 11) is 0. The van der Waals surface area contributed by atoms with E-state index in [1.54, 1.807) is 0 Å². The molecule has 1 aromatic heterocycles. The number of aryl methyl sites for hydroxylation is 1. The zero-order valence-electron chi connectivity index (χ0n) is 18.7. The molecule has 2 aliphatic carbocycles. The van der Waals surface area contributed by atoms with Crippen molar-refractivity contribution in [3.05, 3.63) is 23.8 Å². The molecule has 0 N–H and O–H groups in total. The lowest BCUT2D eigenvalue weighted by atomic mass is 9.78. The molecule has 3 rings (SSSR count). The molecule has 0 unspecified atom stereocenters. The second-order valence-electron chi connectivity index (χ2n) is 9.86.